The topological polar surface area (TPSA) is 26.0 Å². The second-order valence-electron chi connectivity index (χ2n) is 6.18. The van der Waals surface area contributed by atoms with Crippen LogP contribution in [0.2, 0.25) is 0 Å². The van der Waals surface area contributed by atoms with Gasteiger partial charge in [-0.25, -0.2) is 0 Å². The number of benzene rings is 2. The quantitative estimate of drug-likeness (QED) is 0.798. The van der Waals surface area contributed by atoms with Crippen LogP contribution in [0.25, 0.3) is 0 Å². The van der Waals surface area contributed by atoms with Crippen molar-refractivity contribution in [2.45, 2.75) is 45.1 Å². The molecule has 2 aromatic carbocycles. The van der Waals surface area contributed by atoms with Crippen LogP contribution in [-0.4, -0.2) is 0 Å². The van der Waals surface area contributed by atoms with Crippen LogP contribution in [0.3, 0.4) is 0 Å². The van der Waals surface area contributed by atoms with Crippen molar-refractivity contribution in [3.05, 3.63) is 68.7 Å². The van der Waals surface area contributed by atoms with E-state index in [1.54, 1.807) is 0 Å². The Morgan fingerprint density at radius 1 is 1.14 bits per heavy atom. The highest BCUT2D eigenvalue weighted by Gasteiger charge is 2.27. The maximum Gasteiger partial charge on any atom is 0.0367 e. The molecule has 1 aliphatic carbocycles. The lowest BCUT2D eigenvalue weighted by Crippen LogP contribution is -2.24. The van der Waals surface area contributed by atoms with E-state index in [1.165, 1.54) is 51.6 Å². The first-order chi connectivity index (χ1) is 10.1. The predicted molar refractivity (Wildman–Crippen MR) is 92.7 cm³/mol. The van der Waals surface area contributed by atoms with Crippen LogP contribution >= 0.6 is 15.9 Å². The summed E-state index contributed by atoms with van der Waals surface area (Å²) in [7, 11) is 0. The molecule has 2 N–H and O–H groups in total. The highest BCUT2D eigenvalue weighted by Crippen LogP contribution is 2.40. The van der Waals surface area contributed by atoms with Crippen molar-refractivity contribution in [2.24, 2.45) is 5.73 Å². The molecule has 2 atom stereocenters. The first kappa shape index (κ1) is 14.8. The molecule has 0 saturated heterocycles. The highest BCUT2D eigenvalue weighted by atomic mass is 79.9. The Labute approximate surface area is 135 Å². The SMILES string of the molecule is Cc1cc(C(N)C2CCCc3ccccc32)c(C)cc1Br. The van der Waals surface area contributed by atoms with Gasteiger partial charge in [0, 0.05) is 16.4 Å². The monoisotopic (exact) mass is 343 g/mol. The first-order valence-corrected chi connectivity index (χ1v) is 8.47. The molecule has 1 aliphatic rings. The summed E-state index contributed by atoms with van der Waals surface area (Å²) in [6, 6.07) is 13.3. The summed E-state index contributed by atoms with van der Waals surface area (Å²) in [5.41, 5.74) is 13.5. The van der Waals surface area contributed by atoms with E-state index in [0.717, 1.165) is 0 Å². The third-order valence-corrected chi connectivity index (χ3v) is 5.61. The summed E-state index contributed by atoms with van der Waals surface area (Å²) in [6.45, 7) is 4.29. The molecule has 0 spiro atoms. The van der Waals surface area contributed by atoms with Crippen LogP contribution in [0.4, 0.5) is 0 Å². The average molecular weight is 344 g/mol. The lowest BCUT2D eigenvalue weighted by atomic mass is 9.76. The van der Waals surface area contributed by atoms with Crippen molar-refractivity contribution >= 4 is 15.9 Å². The minimum Gasteiger partial charge on any atom is -0.323 e. The van der Waals surface area contributed by atoms with E-state index < -0.39 is 0 Å². The van der Waals surface area contributed by atoms with Crippen LogP contribution in [0, 0.1) is 13.8 Å². The summed E-state index contributed by atoms with van der Waals surface area (Å²) in [5.74, 6) is 0.439. The summed E-state index contributed by atoms with van der Waals surface area (Å²) >= 11 is 3.61. The fraction of sp³-hybridized carbons (Fsp3) is 0.368. The van der Waals surface area contributed by atoms with Gasteiger partial charge in [-0.3, -0.25) is 0 Å². The lowest BCUT2D eigenvalue weighted by Gasteiger charge is -2.31. The molecule has 21 heavy (non-hydrogen) atoms. The van der Waals surface area contributed by atoms with Crippen LogP contribution in [0.1, 0.15) is 52.6 Å². The van der Waals surface area contributed by atoms with Crippen molar-refractivity contribution in [1.29, 1.82) is 0 Å². The van der Waals surface area contributed by atoms with Gasteiger partial charge in [-0.05, 0) is 67.0 Å². The fourth-order valence-electron chi connectivity index (χ4n) is 3.54. The molecule has 0 heterocycles. The molecule has 0 saturated carbocycles. The molecule has 2 aromatic rings. The Bertz CT molecular complexity index is 663. The number of nitrogens with two attached hydrogens (primary N) is 1. The molecule has 1 nitrogen and oxygen atoms in total. The largest absolute Gasteiger partial charge is 0.323 e. The molecule has 0 radical (unpaired) electrons. The van der Waals surface area contributed by atoms with Crippen molar-refractivity contribution in [3.8, 4) is 0 Å². The van der Waals surface area contributed by atoms with Crippen molar-refractivity contribution in [3.63, 3.8) is 0 Å². The maximum absolute atomic E-state index is 6.69. The zero-order chi connectivity index (χ0) is 15.0. The molecule has 3 rings (SSSR count). The van der Waals surface area contributed by atoms with Crippen molar-refractivity contribution < 1.29 is 0 Å². The molecule has 110 valence electrons. The molecule has 0 aromatic heterocycles. The second kappa shape index (κ2) is 5.94. The van der Waals surface area contributed by atoms with Crippen molar-refractivity contribution in [2.75, 3.05) is 0 Å². The number of halogens is 1. The average Bonchev–Trinajstić information content (AvgIpc) is 2.49. The normalized spacial score (nSPS) is 19.1. The minimum atomic E-state index is 0.0817. The molecule has 0 bridgehead atoms. The number of fused-ring (bicyclic) bond motifs is 1. The van der Waals surface area contributed by atoms with Crippen molar-refractivity contribution in [1.82, 2.24) is 0 Å². The Balaban J connectivity index is 2.00. The number of rotatable bonds is 2. The van der Waals surface area contributed by atoms with E-state index in [1.807, 2.05) is 0 Å². The third kappa shape index (κ3) is 2.79. The molecule has 0 aliphatic heterocycles. The molecular formula is C19H22BrN. The minimum absolute atomic E-state index is 0.0817. The standard InChI is InChI=1S/C19H22BrN/c1-12-11-18(20)13(2)10-17(12)19(21)16-9-5-7-14-6-3-4-8-15(14)16/h3-4,6,8,10-11,16,19H,5,7,9,21H2,1-2H3. The van der Waals surface area contributed by atoms with E-state index in [9.17, 15) is 0 Å². The van der Waals surface area contributed by atoms with Gasteiger partial charge in [0.15, 0.2) is 0 Å². The van der Waals surface area contributed by atoms with Gasteiger partial charge in [0.25, 0.3) is 0 Å². The highest BCUT2D eigenvalue weighted by molar-refractivity contribution is 9.10. The third-order valence-electron chi connectivity index (χ3n) is 4.76. The number of aryl methyl sites for hydroxylation is 3. The van der Waals surface area contributed by atoms with E-state index in [0.29, 0.717) is 5.92 Å². The van der Waals surface area contributed by atoms with Crippen LogP contribution in [0.15, 0.2) is 40.9 Å². The summed E-state index contributed by atoms with van der Waals surface area (Å²) < 4.78 is 1.17. The lowest BCUT2D eigenvalue weighted by molar-refractivity contribution is 0.473. The van der Waals surface area contributed by atoms with Crippen LogP contribution in [0.5, 0.6) is 0 Å². The Hall–Kier alpha value is -1.12. The smallest absolute Gasteiger partial charge is 0.0367 e. The molecule has 0 fully saturated rings. The predicted octanol–water partition coefficient (Wildman–Crippen LogP) is 5.19. The number of hydrogen-bond acceptors (Lipinski definition) is 1. The zero-order valence-corrected chi connectivity index (χ0v) is 14.3. The van der Waals surface area contributed by atoms with Gasteiger partial charge in [0.05, 0.1) is 0 Å². The molecule has 2 unspecified atom stereocenters. The van der Waals surface area contributed by atoms with E-state index in [-0.39, 0.29) is 6.04 Å². The van der Waals surface area contributed by atoms with Gasteiger partial charge in [-0.15, -0.1) is 0 Å². The summed E-state index contributed by atoms with van der Waals surface area (Å²) in [6.07, 6.45) is 3.62. The zero-order valence-electron chi connectivity index (χ0n) is 12.7. The molecule has 0 amide bonds. The van der Waals surface area contributed by atoms with Gasteiger partial charge in [-0.1, -0.05) is 46.3 Å². The first-order valence-electron chi connectivity index (χ1n) is 7.68. The van der Waals surface area contributed by atoms with E-state index in [2.05, 4.69) is 66.2 Å². The number of hydrogen-bond donors (Lipinski definition) is 1. The summed E-state index contributed by atoms with van der Waals surface area (Å²) in [5, 5.41) is 0. The summed E-state index contributed by atoms with van der Waals surface area (Å²) in [4.78, 5) is 0. The fourth-order valence-corrected chi connectivity index (χ4v) is 4.00. The van der Waals surface area contributed by atoms with Gasteiger partial charge < -0.3 is 5.73 Å². The van der Waals surface area contributed by atoms with Gasteiger partial charge in [0.1, 0.15) is 0 Å². The Kier molecular flexibility index (Phi) is 4.19. The Morgan fingerprint density at radius 3 is 2.71 bits per heavy atom. The van der Waals surface area contributed by atoms with Gasteiger partial charge in [0.2, 0.25) is 0 Å². The molecular weight excluding hydrogens is 322 g/mol. The van der Waals surface area contributed by atoms with Gasteiger partial charge in [-0.2, -0.15) is 0 Å². The van der Waals surface area contributed by atoms with Crippen LogP contribution < -0.4 is 5.73 Å². The van der Waals surface area contributed by atoms with Crippen LogP contribution in [-0.2, 0) is 6.42 Å². The van der Waals surface area contributed by atoms with Gasteiger partial charge >= 0.3 is 0 Å². The van der Waals surface area contributed by atoms with E-state index in [4.69, 9.17) is 5.73 Å². The maximum atomic E-state index is 6.69. The van der Waals surface area contributed by atoms with E-state index >= 15 is 0 Å². The second-order valence-corrected chi connectivity index (χ2v) is 7.04. The Morgan fingerprint density at radius 2 is 1.90 bits per heavy atom. The molecule has 2 heteroatoms.